The van der Waals surface area contributed by atoms with Crippen molar-refractivity contribution >= 4 is 87.2 Å². The number of allylic oxidation sites excluding steroid dienone is 4. The first-order valence-corrected chi connectivity index (χ1v) is 17.1. The van der Waals surface area contributed by atoms with Crippen molar-refractivity contribution < 1.29 is 14.3 Å². The van der Waals surface area contributed by atoms with Gasteiger partial charge in [0.15, 0.2) is 6.10 Å². The SMILES string of the molecule is CCC(Oc1ccc(C)cc1C)C(=O)Nc1ccccc1SC1C(=O)N(C2=C(Cl)C=C(Cl)CC2Cl)NC1=Nc1cc(C)ccc1Cl. The van der Waals surface area contributed by atoms with E-state index in [-0.39, 0.29) is 16.8 Å². The average molecular weight is 719 g/mol. The van der Waals surface area contributed by atoms with E-state index in [0.717, 1.165) is 16.7 Å². The van der Waals surface area contributed by atoms with Gasteiger partial charge in [-0.3, -0.25) is 15.0 Å². The number of halogens is 4. The summed E-state index contributed by atoms with van der Waals surface area (Å²) in [6.07, 6.45) is 1.62. The van der Waals surface area contributed by atoms with E-state index in [4.69, 9.17) is 56.1 Å². The fourth-order valence-electron chi connectivity index (χ4n) is 5.02. The van der Waals surface area contributed by atoms with Crippen LogP contribution >= 0.6 is 58.2 Å². The molecule has 3 aromatic carbocycles. The van der Waals surface area contributed by atoms with E-state index in [9.17, 15) is 9.59 Å². The maximum atomic E-state index is 14.1. The number of amides is 2. The lowest BCUT2D eigenvalue weighted by Gasteiger charge is -2.27. The largest absolute Gasteiger partial charge is 0.480 e. The summed E-state index contributed by atoms with van der Waals surface area (Å²) in [6.45, 7) is 7.78. The predicted octanol–water partition coefficient (Wildman–Crippen LogP) is 9.18. The van der Waals surface area contributed by atoms with Crippen molar-refractivity contribution in [1.82, 2.24) is 10.4 Å². The predicted molar refractivity (Wildman–Crippen MR) is 190 cm³/mol. The van der Waals surface area contributed by atoms with E-state index in [2.05, 4.69) is 10.7 Å². The Kier molecular flexibility index (Phi) is 11.0. The van der Waals surface area contributed by atoms with Crippen LogP contribution in [0.4, 0.5) is 11.4 Å². The monoisotopic (exact) mass is 716 g/mol. The molecule has 7 nitrogen and oxygen atoms in total. The molecule has 2 aliphatic rings. The molecule has 5 rings (SSSR count). The number of ether oxygens (including phenoxy) is 1. The van der Waals surface area contributed by atoms with Gasteiger partial charge >= 0.3 is 0 Å². The minimum atomic E-state index is -0.856. The minimum absolute atomic E-state index is 0.248. The zero-order chi connectivity index (χ0) is 33.1. The summed E-state index contributed by atoms with van der Waals surface area (Å²) < 4.78 is 6.12. The molecule has 46 heavy (non-hydrogen) atoms. The van der Waals surface area contributed by atoms with Crippen LogP contribution in [0.2, 0.25) is 5.02 Å². The van der Waals surface area contributed by atoms with E-state index in [1.165, 1.54) is 16.8 Å². The molecule has 3 aromatic rings. The standard InChI is InChI=1S/C34H32Cl4N4O3S/c1-5-27(45-28-13-11-18(2)14-20(28)4)33(43)40-25-8-6-7-9-29(25)46-31-32(39-26-15-19(3)10-12-22(26)36)41-42(34(31)44)30-23(37)16-21(35)17-24(30)38/h6-16,24,27,31H,5,17H2,1-4H3,(H,39,41)(H,40,43). The number of para-hydroxylation sites is 1. The molecule has 0 bridgehead atoms. The first kappa shape index (κ1) is 34.2. The number of carbonyl (C=O) groups excluding carboxylic acids is 2. The quantitative estimate of drug-likeness (QED) is 0.216. The molecule has 1 aliphatic heterocycles. The summed E-state index contributed by atoms with van der Waals surface area (Å²) in [4.78, 5) is 33.0. The number of carbonyl (C=O) groups is 2. The second-order valence-electron chi connectivity index (χ2n) is 11.0. The van der Waals surface area contributed by atoms with Crippen LogP contribution in [0.1, 0.15) is 36.5 Å². The lowest BCUT2D eigenvalue weighted by atomic mass is 10.1. The van der Waals surface area contributed by atoms with Crippen LogP contribution < -0.4 is 15.5 Å². The molecule has 1 heterocycles. The van der Waals surface area contributed by atoms with Gasteiger partial charge in [-0.15, -0.1) is 23.4 Å². The van der Waals surface area contributed by atoms with E-state index < -0.39 is 16.7 Å². The zero-order valence-corrected chi connectivity index (χ0v) is 29.4. The topological polar surface area (TPSA) is 83.0 Å². The fraction of sp³-hybridized carbons (Fsp3) is 0.265. The number of benzene rings is 3. The molecule has 1 fully saturated rings. The molecule has 1 saturated heterocycles. The number of aryl methyl sites for hydroxylation is 3. The van der Waals surface area contributed by atoms with Crippen LogP contribution in [0.15, 0.2) is 92.4 Å². The van der Waals surface area contributed by atoms with E-state index in [1.54, 1.807) is 18.2 Å². The van der Waals surface area contributed by atoms with Gasteiger partial charge in [-0.1, -0.05) is 77.6 Å². The van der Waals surface area contributed by atoms with Crippen molar-refractivity contribution in [3.63, 3.8) is 0 Å². The van der Waals surface area contributed by atoms with Crippen molar-refractivity contribution in [2.45, 2.75) is 62.2 Å². The van der Waals surface area contributed by atoms with Gasteiger partial charge in [-0.25, -0.2) is 10.0 Å². The summed E-state index contributed by atoms with van der Waals surface area (Å²) in [5, 5.41) is 4.00. The molecule has 2 N–H and O–H groups in total. The normalized spacial score (nSPS) is 19.7. The van der Waals surface area contributed by atoms with Crippen molar-refractivity contribution in [3.05, 3.63) is 104 Å². The lowest BCUT2D eigenvalue weighted by Crippen LogP contribution is -2.39. The fourth-order valence-corrected chi connectivity index (χ4v) is 7.45. The number of nitrogens with one attached hydrogen (secondary N) is 2. The number of hydrogen-bond donors (Lipinski definition) is 2. The Balaban J connectivity index is 1.46. The highest BCUT2D eigenvalue weighted by Crippen LogP contribution is 2.40. The maximum absolute atomic E-state index is 14.1. The van der Waals surface area contributed by atoms with Gasteiger partial charge in [0.2, 0.25) is 0 Å². The van der Waals surface area contributed by atoms with Crippen molar-refractivity contribution in [2.75, 3.05) is 5.32 Å². The highest BCUT2D eigenvalue weighted by molar-refractivity contribution is 8.01. The molecule has 0 radical (unpaired) electrons. The molecule has 3 unspecified atom stereocenters. The number of thioether (sulfide) groups is 1. The van der Waals surface area contributed by atoms with Crippen LogP contribution in [0.3, 0.4) is 0 Å². The van der Waals surface area contributed by atoms with Crippen LogP contribution in [0.5, 0.6) is 5.75 Å². The van der Waals surface area contributed by atoms with Gasteiger partial charge in [0.1, 0.15) is 16.8 Å². The molecule has 3 atom stereocenters. The molecule has 12 heteroatoms. The third kappa shape index (κ3) is 7.69. The molecule has 0 aromatic heterocycles. The number of rotatable bonds is 9. The summed E-state index contributed by atoms with van der Waals surface area (Å²) in [7, 11) is 0. The minimum Gasteiger partial charge on any atom is -0.480 e. The van der Waals surface area contributed by atoms with Crippen LogP contribution in [-0.2, 0) is 9.59 Å². The molecular weight excluding hydrogens is 686 g/mol. The number of amidine groups is 1. The number of aliphatic imine (C=N–C) groups is 1. The molecule has 0 saturated carbocycles. The summed E-state index contributed by atoms with van der Waals surface area (Å²) in [6, 6.07) is 18.6. The van der Waals surface area contributed by atoms with E-state index in [0.29, 0.717) is 56.4 Å². The number of nitrogens with zero attached hydrogens (tertiary/aromatic N) is 2. The highest BCUT2D eigenvalue weighted by atomic mass is 35.5. The Bertz CT molecular complexity index is 1780. The van der Waals surface area contributed by atoms with Gasteiger partial charge in [0, 0.05) is 16.3 Å². The van der Waals surface area contributed by atoms with Crippen molar-refractivity contribution in [1.29, 1.82) is 0 Å². The van der Waals surface area contributed by atoms with Gasteiger partial charge < -0.3 is 10.1 Å². The Morgan fingerprint density at radius 3 is 2.52 bits per heavy atom. The third-order valence-corrected chi connectivity index (χ3v) is 9.87. The first-order valence-electron chi connectivity index (χ1n) is 14.6. The van der Waals surface area contributed by atoms with Gasteiger partial charge in [-0.2, -0.15) is 0 Å². The van der Waals surface area contributed by atoms with E-state index in [1.807, 2.05) is 76.2 Å². The first-order chi connectivity index (χ1) is 21.9. The van der Waals surface area contributed by atoms with Crippen molar-refractivity contribution in [2.24, 2.45) is 4.99 Å². The molecule has 1 aliphatic carbocycles. The van der Waals surface area contributed by atoms with Gasteiger partial charge in [-0.05, 0) is 74.7 Å². The van der Waals surface area contributed by atoms with Crippen LogP contribution in [-0.4, -0.2) is 39.4 Å². The van der Waals surface area contributed by atoms with Crippen LogP contribution in [0.25, 0.3) is 0 Å². The molecule has 2 amide bonds. The third-order valence-electron chi connectivity index (χ3n) is 7.35. The number of alkyl halides is 1. The Morgan fingerprint density at radius 1 is 1.09 bits per heavy atom. The summed E-state index contributed by atoms with van der Waals surface area (Å²) >= 11 is 27.1. The second-order valence-corrected chi connectivity index (χ2v) is 14.0. The molecule has 0 spiro atoms. The molecular formula is C34H32Cl4N4O3S. The number of anilines is 1. The zero-order valence-electron chi connectivity index (χ0n) is 25.5. The van der Waals surface area contributed by atoms with E-state index >= 15 is 0 Å². The maximum Gasteiger partial charge on any atom is 0.266 e. The van der Waals surface area contributed by atoms with Crippen molar-refractivity contribution in [3.8, 4) is 5.75 Å². The van der Waals surface area contributed by atoms with Crippen LogP contribution in [0, 0.1) is 20.8 Å². The Labute approximate surface area is 292 Å². The summed E-state index contributed by atoms with van der Waals surface area (Å²) in [5.41, 5.74) is 7.53. The Hall–Kier alpha value is -3.14. The number of hydrogen-bond acceptors (Lipinski definition) is 5. The van der Waals surface area contributed by atoms with Gasteiger partial charge in [0.25, 0.3) is 11.8 Å². The Morgan fingerprint density at radius 2 is 1.80 bits per heavy atom. The van der Waals surface area contributed by atoms with Gasteiger partial charge in [0.05, 0.1) is 32.5 Å². The second kappa shape index (κ2) is 14.7. The molecule has 240 valence electrons. The highest BCUT2D eigenvalue weighted by Gasteiger charge is 2.43. The smallest absolute Gasteiger partial charge is 0.266 e. The average Bonchev–Trinajstić information content (AvgIpc) is 3.28. The summed E-state index contributed by atoms with van der Waals surface area (Å²) in [5.74, 6) is 0.331. The lowest BCUT2D eigenvalue weighted by molar-refractivity contribution is -0.127. The number of hydrazine groups is 1.